The van der Waals surface area contributed by atoms with Crippen LogP contribution >= 0.6 is 0 Å². The van der Waals surface area contributed by atoms with Gasteiger partial charge in [0.2, 0.25) is 5.95 Å². The third-order valence-corrected chi connectivity index (χ3v) is 12.2. The molecule has 0 fully saturated rings. The second-order valence-electron chi connectivity index (χ2n) is 15.7. The Hall–Kier alpha value is -8.59. The van der Waals surface area contributed by atoms with E-state index in [2.05, 4.69) is 202 Å². The standard InChI is InChI=1S/C57H35N5/c1-58-41-27-31-44(32-28-41)61(57-59-51(48-21-9-14-37-12-5-7-19-45(37)48)36-52(60-57)49-22-10-15-38-13-6-8-20-46(38)49)43-29-24-39(25-30-43)47-34-35-54-56-50(47)33-26-40-16-11-23-53(55(40)56)62(54)42-17-3-2-4-18-42/h2-36H. The molecule has 0 radical (unpaired) electrons. The summed E-state index contributed by atoms with van der Waals surface area (Å²) in [5, 5.41) is 9.52. The normalized spacial score (nSPS) is 11.5. The highest BCUT2D eigenvalue weighted by Gasteiger charge is 2.22. The molecule has 5 heteroatoms. The van der Waals surface area contributed by atoms with E-state index in [1.807, 2.05) is 24.3 Å². The maximum Gasteiger partial charge on any atom is 0.235 e. The summed E-state index contributed by atoms with van der Waals surface area (Å²) in [6.07, 6.45) is 0. The largest absolute Gasteiger partial charge is 0.309 e. The van der Waals surface area contributed by atoms with E-state index in [0.29, 0.717) is 11.6 Å². The third-order valence-electron chi connectivity index (χ3n) is 12.2. The Bertz CT molecular complexity index is 3590. The molecular formula is C57H35N5. The molecule has 0 aliphatic carbocycles. The molecule has 0 aliphatic rings. The lowest BCUT2D eigenvalue weighted by molar-refractivity contribution is 1.09. The summed E-state index contributed by atoms with van der Waals surface area (Å²) in [4.78, 5) is 16.6. The summed E-state index contributed by atoms with van der Waals surface area (Å²) in [5.74, 6) is 0.530. The van der Waals surface area contributed by atoms with Gasteiger partial charge in [-0.15, -0.1) is 0 Å². The molecule has 5 nitrogen and oxygen atoms in total. The van der Waals surface area contributed by atoms with E-state index >= 15 is 0 Å². The second-order valence-corrected chi connectivity index (χ2v) is 15.7. The minimum atomic E-state index is 0.530. The lowest BCUT2D eigenvalue weighted by atomic mass is 9.94. The molecule has 2 heterocycles. The zero-order valence-corrected chi connectivity index (χ0v) is 33.4. The first kappa shape index (κ1) is 35.4. The molecule has 10 aromatic carbocycles. The molecule has 12 aromatic rings. The molecule has 0 saturated heterocycles. The van der Waals surface area contributed by atoms with Crippen molar-refractivity contribution in [3.05, 3.63) is 224 Å². The molecule has 0 bridgehead atoms. The Morgan fingerprint density at radius 1 is 0.419 bits per heavy atom. The first-order chi connectivity index (χ1) is 30.7. The number of rotatable bonds is 7. The molecule has 0 spiro atoms. The Morgan fingerprint density at radius 3 is 1.65 bits per heavy atom. The fraction of sp³-hybridized carbons (Fsp3) is 0. The minimum absolute atomic E-state index is 0.530. The second kappa shape index (κ2) is 14.3. The van der Waals surface area contributed by atoms with Gasteiger partial charge in [-0.3, -0.25) is 4.90 Å². The summed E-state index contributed by atoms with van der Waals surface area (Å²) in [5.41, 5.74) is 11.8. The van der Waals surface area contributed by atoms with Crippen LogP contribution in [0.3, 0.4) is 0 Å². The van der Waals surface area contributed by atoms with Crippen LogP contribution in [-0.2, 0) is 0 Å². The van der Waals surface area contributed by atoms with Gasteiger partial charge in [-0.1, -0.05) is 158 Å². The van der Waals surface area contributed by atoms with Gasteiger partial charge in [-0.25, -0.2) is 14.8 Å². The van der Waals surface area contributed by atoms with E-state index in [0.717, 1.165) is 66.7 Å². The van der Waals surface area contributed by atoms with Gasteiger partial charge < -0.3 is 4.57 Å². The zero-order valence-electron chi connectivity index (χ0n) is 33.4. The van der Waals surface area contributed by atoms with Crippen molar-refractivity contribution < 1.29 is 0 Å². The van der Waals surface area contributed by atoms with Crippen molar-refractivity contribution in [3.8, 4) is 39.3 Å². The first-order valence-corrected chi connectivity index (χ1v) is 20.8. The fourth-order valence-corrected chi connectivity index (χ4v) is 9.35. The Labute approximate surface area is 358 Å². The van der Waals surface area contributed by atoms with Gasteiger partial charge >= 0.3 is 0 Å². The molecule has 2 aromatic heterocycles. The molecule has 0 saturated carbocycles. The SMILES string of the molecule is [C-]#[N+]c1ccc(N(c2ccc(-c3ccc4c5c3ccc3cccc(c35)n4-c3ccccc3)cc2)c2nc(-c3cccc4ccccc34)cc(-c3cccc4ccccc34)n2)cc1. The van der Waals surface area contributed by atoms with E-state index in [9.17, 15) is 0 Å². The number of nitrogens with zero attached hydrogens (tertiary/aromatic N) is 5. The lowest BCUT2D eigenvalue weighted by Gasteiger charge is -2.25. The summed E-state index contributed by atoms with van der Waals surface area (Å²) >= 11 is 0. The maximum atomic E-state index is 7.69. The van der Waals surface area contributed by atoms with Crippen molar-refractivity contribution in [1.29, 1.82) is 0 Å². The smallest absolute Gasteiger partial charge is 0.235 e. The van der Waals surface area contributed by atoms with Gasteiger partial charge in [0.05, 0.1) is 29.0 Å². The number of hydrogen-bond acceptors (Lipinski definition) is 3. The summed E-state index contributed by atoms with van der Waals surface area (Å²) in [7, 11) is 0. The lowest BCUT2D eigenvalue weighted by Crippen LogP contribution is -2.14. The van der Waals surface area contributed by atoms with Crippen molar-refractivity contribution in [3.63, 3.8) is 0 Å². The van der Waals surface area contributed by atoms with Crippen molar-refractivity contribution in [2.24, 2.45) is 0 Å². The highest BCUT2D eigenvalue weighted by atomic mass is 15.3. The average Bonchev–Trinajstić information content (AvgIpc) is 3.69. The zero-order chi connectivity index (χ0) is 41.1. The molecule has 288 valence electrons. The molecule has 0 atom stereocenters. The van der Waals surface area contributed by atoms with E-state index in [-0.39, 0.29) is 0 Å². The molecule has 0 amide bonds. The van der Waals surface area contributed by atoms with Crippen LogP contribution in [-0.4, -0.2) is 14.5 Å². The van der Waals surface area contributed by atoms with Crippen LogP contribution < -0.4 is 4.90 Å². The van der Waals surface area contributed by atoms with E-state index in [4.69, 9.17) is 16.5 Å². The summed E-state index contributed by atoms with van der Waals surface area (Å²) in [6.45, 7) is 7.69. The Balaban J connectivity index is 1.05. The van der Waals surface area contributed by atoms with Gasteiger partial charge in [0, 0.05) is 39.0 Å². The van der Waals surface area contributed by atoms with Crippen molar-refractivity contribution in [2.75, 3.05) is 4.90 Å². The van der Waals surface area contributed by atoms with Crippen LogP contribution in [0.4, 0.5) is 23.0 Å². The van der Waals surface area contributed by atoms with Crippen molar-refractivity contribution in [1.82, 2.24) is 14.5 Å². The van der Waals surface area contributed by atoms with E-state index in [1.54, 1.807) is 0 Å². The Kier molecular flexibility index (Phi) is 8.16. The molecule has 0 N–H and O–H groups in total. The molecule has 0 unspecified atom stereocenters. The molecular weight excluding hydrogens is 755 g/mol. The number of para-hydroxylation sites is 1. The predicted molar refractivity (Wildman–Crippen MR) is 257 cm³/mol. The maximum absolute atomic E-state index is 7.69. The van der Waals surface area contributed by atoms with Gasteiger partial charge in [0.1, 0.15) is 0 Å². The number of hydrogen-bond donors (Lipinski definition) is 0. The topological polar surface area (TPSA) is 38.3 Å². The van der Waals surface area contributed by atoms with Gasteiger partial charge in [-0.2, -0.15) is 0 Å². The fourth-order valence-electron chi connectivity index (χ4n) is 9.35. The van der Waals surface area contributed by atoms with Gasteiger partial charge in [0.15, 0.2) is 5.69 Å². The number of benzene rings is 10. The van der Waals surface area contributed by atoms with Crippen LogP contribution in [0.5, 0.6) is 0 Å². The monoisotopic (exact) mass is 789 g/mol. The number of anilines is 3. The van der Waals surface area contributed by atoms with Crippen LogP contribution in [0.25, 0.3) is 98.3 Å². The summed E-state index contributed by atoms with van der Waals surface area (Å²) < 4.78 is 2.38. The number of fused-ring (bicyclic) bond motifs is 2. The van der Waals surface area contributed by atoms with Crippen LogP contribution in [0.15, 0.2) is 212 Å². The molecule has 12 rings (SSSR count). The first-order valence-electron chi connectivity index (χ1n) is 20.8. The molecule has 0 aliphatic heterocycles. The van der Waals surface area contributed by atoms with Crippen LogP contribution in [0, 0.1) is 6.57 Å². The van der Waals surface area contributed by atoms with Crippen molar-refractivity contribution >= 4 is 77.1 Å². The minimum Gasteiger partial charge on any atom is -0.309 e. The molecule has 62 heavy (non-hydrogen) atoms. The average molecular weight is 790 g/mol. The number of aromatic nitrogens is 3. The summed E-state index contributed by atoms with van der Waals surface area (Å²) in [6, 6.07) is 74.4. The van der Waals surface area contributed by atoms with E-state index < -0.39 is 0 Å². The van der Waals surface area contributed by atoms with Crippen molar-refractivity contribution in [2.45, 2.75) is 0 Å². The van der Waals surface area contributed by atoms with Crippen LogP contribution in [0.2, 0.25) is 0 Å². The predicted octanol–water partition coefficient (Wildman–Crippen LogP) is 15.5. The van der Waals surface area contributed by atoms with Gasteiger partial charge in [-0.05, 0) is 98.0 Å². The van der Waals surface area contributed by atoms with E-state index in [1.165, 1.54) is 38.1 Å². The quantitative estimate of drug-likeness (QED) is 0.119. The third kappa shape index (κ3) is 5.70. The van der Waals surface area contributed by atoms with Crippen LogP contribution in [0.1, 0.15) is 0 Å². The highest BCUT2D eigenvalue weighted by Crippen LogP contribution is 2.44. The van der Waals surface area contributed by atoms with Gasteiger partial charge in [0.25, 0.3) is 0 Å². The highest BCUT2D eigenvalue weighted by molar-refractivity contribution is 6.26. The Morgan fingerprint density at radius 2 is 0.984 bits per heavy atom.